The van der Waals surface area contributed by atoms with Gasteiger partial charge in [-0.1, -0.05) is 54.6 Å². The highest BCUT2D eigenvalue weighted by atomic mass is 16.5. The summed E-state index contributed by atoms with van der Waals surface area (Å²) in [6.07, 6.45) is 0. The van der Waals surface area contributed by atoms with Gasteiger partial charge in [0, 0.05) is 24.0 Å². The van der Waals surface area contributed by atoms with Crippen LogP contribution in [-0.4, -0.2) is 31.3 Å². The van der Waals surface area contributed by atoms with Crippen LogP contribution < -0.4 is 4.90 Å². The molecule has 2 aromatic carbocycles. The van der Waals surface area contributed by atoms with E-state index in [1.807, 2.05) is 6.07 Å². The van der Waals surface area contributed by atoms with Crippen LogP contribution in [0.4, 0.5) is 5.82 Å². The minimum absolute atomic E-state index is 0.773. The smallest absolute Gasteiger partial charge is 0.130 e. The molecule has 0 spiro atoms. The zero-order chi connectivity index (χ0) is 14.8. The van der Waals surface area contributed by atoms with Crippen molar-refractivity contribution in [3.05, 3.63) is 60.7 Å². The largest absolute Gasteiger partial charge is 0.378 e. The van der Waals surface area contributed by atoms with Crippen LogP contribution in [0.2, 0.25) is 0 Å². The molecule has 1 aliphatic rings. The summed E-state index contributed by atoms with van der Waals surface area (Å²) in [7, 11) is 0. The normalized spacial score (nSPS) is 15.2. The molecule has 0 bridgehead atoms. The second kappa shape index (κ2) is 5.78. The van der Waals surface area contributed by atoms with Crippen molar-refractivity contribution < 1.29 is 4.74 Å². The fourth-order valence-electron chi connectivity index (χ4n) is 2.96. The Morgan fingerprint density at radius 3 is 2.41 bits per heavy atom. The first-order valence-corrected chi connectivity index (χ1v) is 7.70. The van der Waals surface area contributed by atoms with Gasteiger partial charge in [0.05, 0.1) is 18.9 Å². The maximum absolute atomic E-state index is 5.45. The van der Waals surface area contributed by atoms with Gasteiger partial charge in [0.25, 0.3) is 0 Å². The van der Waals surface area contributed by atoms with Gasteiger partial charge >= 0.3 is 0 Å². The summed E-state index contributed by atoms with van der Waals surface area (Å²) in [5, 5.41) is 2.43. The van der Waals surface area contributed by atoms with Crippen LogP contribution in [0.5, 0.6) is 0 Å². The number of hydrogen-bond acceptors (Lipinski definition) is 3. The van der Waals surface area contributed by atoms with Crippen molar-refractivity contribution in [2.24, 2.45) is 0 Å². The van der Waals surface area contributed by atoms with Crippen molar-refractivity contribution >= 4 is 16.6 Å². The highest BCUT2D eigenvalue weighted by molar-refractivity contribution is 5.96. The first-order valence-electron chi connectivity index (χ1n) is 7.70. The van der Waals surface area contributed by atoms with E-state index < -0.39 is 0 Å². The predicted molar refractivity (Wildman–Crippen MR) is 90.2 cm³/mol. The standard InChI is InChI=1S/C19H18N2O/c1-2-6-15(7-3-1)19-17-9-5-4-8-16(17)14-18(20-19)21-10-12-22-13-11-21/h1-9,14H,10-13H2. The molecule has 0 radical (unpaired) electrons. The van der Waals surface area contributed by atoms with Gasteiger partial charge in [-0.25, -0.2) is 4.98 Å². The second-order valence-electron chi connectivity index (χ2n) is 5.52. The number of ether oxygens (including phenoxy) is 1. The molecule has 2 heterocycles. The number of fused-ring (bicyclic) bond motifs is 1. The van der Waals surface area contributed by atoms with Gasteiger partial charge in [0.1, 0.15) is 5.82 Å². The summed E-state index contributed by atoms with van der Waals surface area (Å²) in [6.45, 7) is 3.35. The van der Waals surface area contributed by atoms with Crippen molar-refractivity contribution in [2.45, 2.75) is 0 Å². The maximum atomic E-state index is 5.45. The van der Waals surface area contributed by atoms with E-state index in [0.717, 1.165) is 43.4 Å². The molecule has 1 aliphatic heterocycles. The molecule has 3 heteroatoms. The summed E-state index contributed by atoms with van der Waals surface area (Å²) in [5.41, 5.74) is 2.22. The third-order valence-corrected chi connectivity index (χ3v) is 4.11. The fraction of sp³-hybridized carbons (Fsp3) is 0.211. The second-order valence-corrected chi connectivity index (χ2v) is 5.52. The quantitative estimate of drug-likeness (QED) is 0.719. The van der Waals surface area contributed by atoms with Crippen molar-refractivity contribution in [3.63, 3.8) is 0 Å². The number of hydrogen-bond donors (Lipinski definition) is 0. The van der Waals surface area contributed by atoms with Crippen LogP contribution in [0.3, 0.4) is 0 Å². The zero-order valence-electron chi connectivity index (χ0n) is 12.4. The Balaban J connectivity index is 1.89. The number of benzene rings is 2. The first kappa shape index (κ1) is 13.3. The Bertz CT molecular complexity index is 780. The molecule has 3 nitrogen and oxygen atoms in total. The third kappa shape index (κ3) is 2.44. The number of pyridine rings is 1. The van der Waals surface area contributed by atoms with E-state index in [2.05, 4.69) is 59.5 Å². The zero-order valence-corrected chi connectivity index (χ0v) is 12.4. The SMILES string of the molecule is c1ccc(-c2nc(N3CCOCC3)cc3ccccc23)cc1. The van der Waals surface area contributed by atoms with Crippen LogP contribution in [-0.2, 0) is 4.74 Å². The van der Waals surface area contributed by atoms with Gasteiger partial charge in [-0.3, -0.25) is 0 Å². The lowest BCUT2D eigenvalue weighted by atomic mass is 10.0. The minimum atomic E-state index is 0.773. The molecular formula is C19H18N2O. The van der Waals surface area contributed by atoms with Crippen LogP contribution in [0.15, 0.2) is 60.7 Å². The molecule has 22 heavy (non-hydrogen) atoms. The number of rotatable bonds is 2. The van der Waals surface area contributed by atoms with Crippen LogP contribution in [0, 0.1) is 0 Å². The minimum Gasteiger partial charge on any atom is -0.378 e. The van der Waals surface area contributed by atoms with Gasteiger partial charge in [-0.15, -0.1) is 0 Å². The molecule has 0 amide bonds. The van der Waals surface area contributed by atoms with Gasteiger partial charge in [-0.05, 0) is 11.5 Å². The molecule has 1 fully saturated rings. The molecule has 0 unspecified atom stereocenters. The molecule has 0 saturated carbocycles. The molecule has 0 aliphatic carbocycles. The highest BCUT2D eigenvalue weighted by Gasteiger charge is 2.15. The molecule has 4 rings (SSSR count). The monoisotopic (exact) mass is 290 g/mol. The van der Waals surface area contributed by atoms with Gasteiger partial charge in [0.15, 0.2) is 0 Å². The van der Waals surface area contributed by atoms with Crippen molar-refractivity contribution in [2.75, 3.05) is 31.2 Å². The average Bonchev–Trinajstić information content (AvgIpc) is 2.62. The van der Waals surface area contributed by atoms with E-state index in [1.54, 1.807) is 0 Å². The summed E-state index contributed by atoms with van der Waals surface area (Å²) in [6, 6.07) is 21.1. The van der Waals surface area contributed by atoms with Crippen molar-refractivity contribution in [1.29, 1.82) is 0 Å². The molecule has 3 aromatic rings. The summed E-state index contributed by atoms with van der Waals surface area (Å²) < 4.78 is 5.45. The molecule has 1 saturated heterocycles. The van der Waals surface area contributed by atoms with Crippen LogP contribution >= 0.6 is 0 Å². The Hall–Kier alpha value is -2.39. The Morgan fingerprint density at radius 1 is 0.864 bits per heavy atom. The first-order chi connectivity index (χ1) is 10.9. The summed E-state index contributed by atoms with van der Waals surface area (Å²) in [5.74, 6) is 1.04. The highest BCUT2D eigenvalue weighted by Crippen LogP contribution is 2.30. The van der Waals surface area contributed by atoms with Crippen molar-refractivity contribution in [1.82, 2.24) is 4.98 Å². The van der Waals surface area contributed by atoms with Crippen molar-refractivity contribution in [3.8, 4) is 11.3 Å². The van der Waals surface area contributed by atoms with E-state index in [1.165, 1.54) is 10.8 Å². The lowest BCUT2D eigenvalue weighted by molar-refractivity contribution is 0.122. The van der Waals surface area contributed by atoms with E-state index in [9.17, 15) is 0 Å². The van der Waals surface area contributed by atoms with Gasteiger partial charge < -0.3 is 9.64 Å². The van der Waals surface area contributed by atoms with E-state index >= 15 is 0 Å². The number of aromatic nitrogens is 1. The third-order valence-electron chi connectivity index (χ3n) is 4.11. The summed E-state index contributed by atoms with van der Waals surface area (Å²) in [4.78, 5) is 7.27. The number of anilines is 1. The Labute approximate surface area is 130 Å². The Kier molecular flexibility index (Phi) is 3.49. The van der Waals surface area contributed by atoms with E-state index in [4.69, 9.17) is 9.72 Å². The lowest BCUT2D eigenvalue weighted by Gasteiger charge is -2.28. The Morgan fingerprint density at radius 2 is 1.59 bits per heavy atom. The van der Waals surface area contributed by atoms with Gasteiger partial charge in [0.2, 0.25) is 0 Å². The van der Waals surface area contributed by atoms with Crippen LogP contribution in [0.25, 0.3) is 22.0 Å². The number of nitrogens with zero attached hydrogens (tertiary/aromatic N) is 2. The maximum Gasteiger partial charge on any atom is 0.130 e. The molecule has 110 valence electrons. The van der Waals surface area contributed by atoms with E-state index in [-0.39, 0.29) is 0 Å². The molecule has 1 aromatic heterocycles. The van der Waals surface area contributed by atoms with Crippen LogP contribution in [0.1, 0.15) is 0 Å². The van der Waals surface area contributed by atoms with E-state index in [0.29, 0.717) is 0 Å². The molecular weight excluding hydrogens is 272 g/mol. The van der Waals surface area contributed by atoms with Gasteiger partial charge in [-0.2, -0.15) is 0 Å². The molecule has 0 N–H and O–H groups in total. The fourth-order valence-corrected chi connectivity index (χ4v) is 2.96. The predicted octanol–water partition coefficient (Wildman–Crippen LogP) is 3.74. The summed E-state index contributed by atoms with van der Waals surface area (Å²) >= 11 is 0. The topological polar surface area (TPSA) is 25.4 Å². The lowest BCUT2D eigenvalue weighted by Crippen LogP contribution is -2.36. The average molecular weight is 290 g/mol. The molecule has 0 atom stereocenters. The number of morpholine rings is 1.